The van der Waals surface area contributed by atoms with Crippen LogP contribution in [0.3, 0.4) is 0 Å². The third kappa shape index (κ3) is 5.37. The van der Waals surface area contributed by atoms with Gasteiger partial charge in [-0.05, 0) is 42.2 Å². The molecule has 1 saturated heterocycles. The molecule has 1 aromatic heterocycles. The molecule has 2 heterocycles. The summed E-state index contributed by atoms with van der Waals surface area (Å²) in [7, 11) is 0. The number of hydrogen-bond donors (Lipinski definition) is 4. The number of aliphatic hydroxyl groups excluding tert-OH is 1. The second-order valence-corrected chi connectivity index (χ2v) is 5.19. The Kier molecular flexibility index (Phi) is 5.94. The molecule has 1 aliphatic heterocycles. The molecule has 0 spiro atoms. The van der Waals surface area contributed by atoms with Gasteiger partial charge in [0.1, 0.15) is 0 Å². The van der Waals surface area contributed by atoms with E-state index < -0.39 is 11.9 Å². The Hall–Kier alpha value is -1.44. The van der Waals surface area contributed by atoms with E-state index in [1.807, 2.05) is 0 Å². The molecule has 0 radical (unpaired) electrons. The van der Waals surface area contributed by atoms with Gasteiger partial charge in [0.25, 0.3) is 0 Å². The Labute approximate surface area is 114 Å². The van der Waals surface area contributed by atoms with E-state index in [-0.39, 0.29) is 6.10 Å². The van der Waals surface area contributed by atoms with E-state index in [1.165, 1.54) is 5.56 Å². The lowest BCUT2D eigenvalue weighted by atomic mass is 9.93. The van der Waals surface area contributed by atoms with Crippen molar-refractivity contribution in [1.29, 1.82) is 0 Å². The highest BCUT2D eigenvalue weighted by atomic mass is 32.1. The topological polar surface area (TPSA) is 107 Å². The predicted octanol–water partition coefficient (Wildman–Crippen LogP) is 1.08. The molecular weight excluding hydrogens is 270 g/mol. The van der Waals surface area contributed by atoms with Gasteiger partial charge in [-0.15, -0.1) is 0 Å². The Balaban J connectivity index is 0.000000258. The first-order chi connectivity index (χ1) is 8.90. The standard InChI is InChI=1S/C10H15NOS.C2H2O4/c1-7-4-9(12)5-10(11-7)8-2-3-13-6-8;3-1(4)2(5)6/h2-3,6-7,9-12H,4-5H2,1H3;(H,3,4)(H,5,6). The van der Waals surface area contributed by atoms with Crippen molar-refractivity contribution in [2.24, 2.45) is 0 Å². The summed E-state index contributed by atoms with van der Waals surface area (Å²) in [6, 6.07) is 2.91. The lowest BCUT2D eigenvalue weighted by Gasteiger charge is -2.31. The summed E-state index contributed by atoms with van der Waals surface area (Å²) in [6.07, 6.45) is 1.59. The molecule has 6 nitrogen and oxygen atoms in total. The average Bonchev–Trinajstić information content (AvgIpc) is 2.81. The fraction of sp³-hybridized carbons (Fsp3) is 0.500. The number of thiophene rings is 1. The Morgan fingerprint density at radius 3 is 2.37 bits per heavy atom. The monoisotopic (exact) mass is 287 g/mol. The number of hydrogen-bond acceptors (Lipinski definition) is 5. The van der Waals surface area contributed by atoms with Crippen molar-refractivity contribution < 1.29 is 24.9 Å². The van der Waals surface area contributed by atoms with E-state index in [1.54, 1.807) is 11.3 Å². The van der Waals surface area contributed by atoms with Crippen molar-refractivity contribution in [3.8, 4) is 0 Å². The highest BCUT2D eigenvalue weighted by Crippen LogP contribution is 2.26. The number of carboxylic acid groups (broad SMARTS) is 2. The number of nitrogens with one attached hydrogen (secondary N) is 1. The van der Waals surface area contributed by atoms with Crippen LogP contribution in [0.15, 0.2) is 16.8 Å². The minimum Gasteiger partial charge on any atom is -0.473 e. The van der Waals surface area contributed by atoms with Gasteiger partial charge >= 0.3 is 11.9 Å². The lowest BCUT2D eigenvalue weighted by molar-refractivity contribution is -0.159. The third-order valence-electron chi connectivity index (χ3n) is 2.75. The number of carboxylic acids is 2. The van der Waals surface area contributed by atoms with Crippen LogP contribution >= 0.6 is 11.3 Å². The van der Waals surface area contributed by atoms with Gasteiger partial charge in [-0.2, -0.15) is 11.3 Å². The Bertz CT molecular complexity index is 398. The van der Waals surface area contributed by atoms with E-state index in [2.05, 4.69) is 29.1 Å². The summed E-state index contributed by atoms with van der Waals surface area (Å²) in [4.78, 5) is 18.2. The van der Waals surface area contributed by atoms with Crippen LogP contribution in [0.25, 0.3) is 0 Å². The zero-order valence-corrected chi connectivity index (χ0v) is 11.3. The Morgan fingerprint density at radius 1 is 1.32 bits per heavy atom. The van der Waals surface area contributed by atoms with Crippen LogP contribution in [0.1, 0.15) is 31.4 Å². The quantitative estimate of drug-likeness (QED) is 0.576. The van der Waals surface area contributed by atoms with Crippen molar-refractivity contribution in [3.63, 3.8) is 0 Å². The molecule has 0 aromatic carbocycles. The second-order valence-electron chi connectivity index (χ2n) is 4.41. The normalized spacial score (nSPS) is 26.1. The highest BCUT2D eigenvalue weighted by molar-refractivity contribution is 7.07. The number of rotatable bonds is 1. The lowest BCUT2D eigenvalue weighted by Crippen LogP contribution is -2.40. The van der Waals surface area contributed by atoms with Gasteiger partial charge in [0.15, 0.2) is 0 Å². The van der Waals surface area contributed by atoms with Gasteiger partial charge in [-0.1, -0.05) is 0 Å². The first-order valence-electron chi connectivity index (χ1n) is 5.82. The van der Waals surface area contributed by atoms with Crippen LogP contribution in [0, 0.1) is 0 Å². The summed E-state index contributed by atoms with van der Waals surface area (Å²) >= 11 is 1.71. The summed E-state index contributed by atoms with van der Waals surface area (Å²) in [5, 5.41) is 32.1. The first-order valence-corrected chi connectivity index (χ1v) is 6.76. The fourth-order valence-corrected chi connectivity index (χ4v) is 2.68. The van der Waals surface area contributed by atoms with Crippen LogP contribution in [0.2, 0.25) is 0 Å². The molecule has 1 aromatic rings. The second kappa shape index (κ2) is 7.22. The molecular formula is C12H17NO5S. The molecule has 7 heteroatoms. The minimum atomic E-state index is -1.82. The molecule has 0 aliphatic carbocycles. The van der Waals surface area contributed by atoms with Crippen molar-refractivity contribution in [3.05, 3.63) is 22.4 Å². The maximum atomic E-state index is 9.61. The van der Waals surface area contributed by atoms with Gasteiger partial charge < -0.3 is 20.6 Å². The first kappa shape index (κ1) is 15.6. The minimum absolute atomic E-state index is 0.138. The van der Waals surface area contributed by atoms with E-state index >= 15 is 0 Å². The summed E-state index contributed by atoms with van der Waals surface area (Å²) in [5.74, 6) is -3.65. The van der Waals surface area contributed by atoms with Crippen molar-refractivity contribution in [2.75, 3.05) is 0 Å². The van der Waals surface area contributed by atoms with E-state index in [0.717, 1.165) is 12.8 Å². The van der Waals surface area contributed by atoms with Crippen molar-refractivity contribution in [1.82, 2.24) is 5.32 Å². The molecule has 0 bridgehead atoms. The van der Waals surface area contributed by atoms with Crippen molar-refractivity contribution in [2.45, 2.75) is 38.0 Å². The number of piperidine rings is 1. The Morgan fingerprint density at radius 2 is 1.95 bits per heavy atom. The van der Waals surface area contributed by atoms with Crippen LogP contribution in [0.4, 0.5) is 0 Å². The molecule has 1 fully saturated rings. The van der Waals surface area contributed by atoms with Gasteiger partial charge in [-0.3, -0.25) is 0 Å². The molecule has 2 rings (SSSR count). The van der Waals surface area contributed by atoms with Crippen LogP contribution in [-0.4, -0.2) is 39.4 Å². The molecule has 3 atom stereocenters. The third-order valence-corrected chi connectivity index (χ3v) is 3.45. The van der Waals surface area contributed by atoms with Gasteiger partial charge in [0, 0.05) is 12.1 Å². The molecule has 3 unspecified atom stereocenters. The SMILES string of the molecule is CC1CC(O)CC(c2ccsc2)N1.O=C(O)C(=O)O. The summed E-state index contributed by atoms with van der Waals surface area (Å²) in [6.45, 7) is 2.13. The van der Waals surface area contributed by atoms with Crippen LogP contribution < -0.4 is 5.32 Å². The number of carbonyl (C=O) groups is 2. The largest absolute Gasteiger partial charge is 0.473 e. The maximum Gasteiger partial charge on any atom is 0.414 e. The van der Waals surface area contributed by atoms with E-state index in [4.69, 9.17) is 19.8 Å². The smallest absolute Gasteiger partial charge is 0.414 e. The number of aliphatic hydroxyl groups is 1. The predicted molar refractivity (Wildman–Crippen MR) is 70.2 cm³/mol. The average molecular weight is 287 g/mol. The zero-order chi connectivity index (χ0) is 14.4. The van der Waals surface area contributed by atoms with E-state index in [0.29, 0.717) is 12.1 Å². The molecule has 19 heavy (non-hydrogen) atoms. The zero-order valence-electron chi connectivity index (χ0n) is 10.4. The molecule has 0 amide bonds. The fourth-order valence-electron chi connectivity index (χ4n) is 1.96. The molecule has 1 aliphatic rings. The van der Waals surface area contributed by atoms with E-state index in [9.17, 15) is 5.11 Å². The summed E-state index contributed by atoms with van der Waals surface area (Å²) < 4.78 is 0. The van der Waals surface area contributed by atoms with Gasteiger partial charge in [0.2, 0.25) is 0 Å². The molecule has 0 saturated carbocycles. The molecule has 106 valence electrons. The van der Waals surface area contributed by atoms with Gasteiger partial charge in [-0.25, -0.2) is 9.59 Å². The summed E-state index contributed by atoms with van der Waals surface area (Å²) in [5.41, 5.74) is 1.32. The maximum absolute atomic E-state index is 9.61. The molecule has 4 N–H and O–H groups in total. The van der Waals surface area contributed by atoms with Crippen LogP contribution in [-0.2, 0) is 9.59 Å². The highest BCUT2D eigenvalue weighted by Gasteiger charge is 2.25. The number of aliphatic carboxylic acids is 2. The van der Waals surface area contributed by atoms with Crippen molar-refractivity contribution >= 4 is 23.3 Å². The van der Waals surface area contributed by atoms with Gasteiger partial charge in [0.05, 0.1) is 6.10 Å². The van der Waals surface area contributed by atoms with Crippen LogP contribution in [0.5, 0.6) is 0 Å².